The lowest BCUT2D eigenvalue weighted by molar-refractivity contribution is 0.0672. The van der Waals surface area contributed by atoms with Crippen molar-refractivity contribution >= 4 is 11.8 Å². The van der Waals surface area contributed by atoms with E-state index in [-0.39, 0.29) is 36.1 Å². The third-order valence-electron chi connectivity index (χ3n) is 3.73. The lowest BCUT2D eigenvalue weighted by Crippen LogP contribution is -2.36. The summed E-state index contributed by atoms with van der Waals surface area (Å²) in [5.41, 5.74) is 0.748. The van der Waals surface area contributed by atoms with Gasteiger partial charge >= 0.3 is 0 Å². The number of nitrogens with zero attached hydrogens (tertiary/aromatic N) is 2. The van der Waals surface area contributed by atoms with Crippen LogP contribution >= 0.6 is 0 Å². The molecule has 0 aliphatic carbocycles. The van der Waals surface area contributed by atoms with Crippen LogP contribution in [-0.2, 0) is 6.54 Å². The summed E-state index contributed by atoms with van der Waals surface area (Å²) in [7, 11) is 1.58. The van der Waals surface area contributed by atoms with Crippen molar-refractivity contribution in [3.05, 3.63) is 47.7 Å². The molecule has 2 rings (SSSR count). The van der Waals surface area contributed by atoms with Gasteiger partial charge in [-0.2, -0.15) is 0 Å². The Kier molecular flexibility index (Phi) is 6.38. The van der Waals surface area contributed by atoms with Gasteiger partial charge in [0.15, 0.2) is 5.69 Å². The third kappa shape index (κ3) is 4.84. The molecule has 0 unspecified atom stereocenters. The van der Waals surface area contributed by atoms with Gasteiger partial charge in [-0.25, -0.2) is 4.98 Å². The fourth-order valence-electron chi connectivity index (χ4n) is 2.36. The third-order valence-corrected chi connectivity index (χ3v) is 3.73. The van der Waals surface area contributed by atoms with Gasteiger partial charge in [-0.3, -0.25) is 9.59 Å². The lowest BCUT2D eigenvalue weighted by Gasteiger charge is -2.25. The minimum Gasteiger partial charge on any atom is -0.497 e. The van der Waals surface area contributed by atoms with Crippen LogP contribution in [0.4, 0.5) is 0 Å². The Morgan fingerprint density at radius 2 is 1.85 bits per heavy atom. The van der Waals surface area contributed by atoms with Gasteiger partial charge in [0.25, 0.3) is 11.8 Å². The molecular formula is C19H25N3O4. The van der Waals surface area contributed by atoms with E-state index in [1.165, 1.54) is 6.26 Å². The number of oxazole rings is 1. The minimum atomic E-state index is -0.299. The van der Waals surface area contributed by atoms with Crippen molar-refractivity contribution in [2.75, 3.05) is 7.11 Å². The smallest absolute Gasteiger partial charge is 0.273 e. The van der Waals surface area contributed by atoms with Crippen molar-refractivity contribution in [2.24, 2.45) is 0 Å². The molecule has 0 fully saturated rings. The molecule has 1 N–H and O–H groups in total. The van der Waals surface area contributed by atoms with Gasteiger partial charge in [0, 0.05) is 17.6 Å². The number of rotatable bonds is 7. The van der Waals surface area contributed by atoms with Crippen LogP contribution in [0.5, 0.6) is 5.75 Å². The van der Waals surface area contributed by atoms with E-state index >= 15 is 0 Å². The van der Waals surface area contributed by atoms with Crippen LogP contribution in [0.2, 0.25) is 0 Å². The highest BCUT2D eigenvalue weighted by atomic mass is 16.5. The molecule has 0 saturated carbocycles. The van der Waals surface area contributed by atoms with Crippen molar-refractivity contribution in [1.82, 2.24) is 15.2 Å². The number of aromatic nitrogens is 1. The molecule has 0 bridgehead atoms. The summed E-state index contributed by atoms with van der Waals surface area (Å²) in [6.07, 6.45) is 1.31. The second-order valence-corrected chi connectivity index (χ2v) is 6.51. The van der Waals surface area contributed by atoms with Gasteiger partial charge < -0.3 is 19.4 Å². The highest BCUT2D eigenvalue weighted by Crippen LogP contribution is 2.16. The summed E-state index contributed by atoms with van der Waals surface area (Å²) in [6.45, 7) is 7.74. The standard InChI is InChI=1S/C19H25N3O4/c1-12(2)20-18(23)16-11-26-17(21-16)10-22(13(3)4)19(24)14-6-8-15(25-5)9-7-14/h6-9,11-13H,10H2,1-5H3,(H,20,23). The number of ether oxygens (including phenoxy) is 1. The number of hydrogen-bond acceptors (Lipinski definition) is 5. The van der Waals surface area contributed by atoms with Crippen LogP contribution in [0.25, 0.3) is 0 Å². The molecule has 7 heteroatoms. The molecule has 7 nitrogen and oxygen atoms in total. The Balaban J connectivity index is 2.14. The second kappa shape index (κ2) is 8.51. The van der Waals surface area contributed by atoms with Gasteiger partial charge in [0.05, 0.1) is 13.7 Å². The first kappa shape index (κ1) is 19.5. The van der Waals surface area contributed by atoms with Crippen molar-refractivity contribution in [2.45, 2.75) is 46.3 Å². The summed E-state index contributed by atoms with van der Waals surface area (Å²) in [5, 5.41) is 2.75. The van der Waals surface area contributed by atoms with E-state index < -0.39 is 0 Å². The molecule has 0 atom stereocenters. The zero-order valence-corrected chi connectivity index (χ0v) is 15.8. The van der Waals surface area contributed by atoms with E-state index in [1.807, 2.05) is 27.7 Å². The highest BCUT2D eigenvalue weighted by molar-refractivity contribution is 5.94. The lowest BCUT2D eigenvalue weighted by atomic mass is 10.1. The molecule has 1 heterocycles. The number of carbonyl (C=O) groups is 2. The molecule has 2 aromatic rings. The van der Waals surface area contributed by atoms with Crippen molar-refractivity contribution in [3.63, 3.8) is 0 Å². The maximum absolute atomic E-state index is 12.8. The fourth-order valence-corrected chi connectivity index (χ4v) is 2.36. The number of amides is 2. The van der Waals surface area contributed by atoms with Gasteiger partial charge in [0.2, 0.25) is 5.89 Å². The van der Waals surface area contributed by atoms with Crippen molar-refractivity contribution < 1.29 is 18.7 Å². The SMILES string of the molecule is COc1ccc(C(=O)N(Cc2nc(C(=O)NC(C)C)co2)C(C)C)cc1. The molecule has 1 aromatic heterocycles. The molecule has 26 heavy (non-hydrogen) atoms. The Hall–Kier alpha value is -2.83. The summed E-state index contributed by atoms with van der Waals surface area (Å²) in [4.78, 5) is 30.6. The first-order valence-corrected chi connectivity index (χ1v) is 8.52. The van der Waals surface area contributed by atoms with E-state index in [9.17, 15) is 9.59 Å². The monoisotopic (exact) mass is 359 g/mol. The summed E-state index contributed by atoms with van der Waals surface area (Å²) >= 11 is 0. The molecular weight excluding hydrogens is 334 g/mol. The van der Waals surface area contributed by atoms with Crippen molar-refractivity contribution in [3.8, 4) is 5.75 Å². The number of methoxy groups -OCH3 is 1. The molecule has 2 amide bonds. The topological polar surface area (TPSA) is 84.7 Å². The molecule has 1 aromatic carbocycles. The number of carbonyl (C=O) groups excluding carboxylic acids is 2. The molecule has 0 saturated heterocycles. The predicted octanol–water partition coefficient (Wildman–Crippen LogP) is 2.87. The van der Waals surface area contributed by atoms with E-state index in [4.69, 9.17) is 9.15 Å². The van der Waals surface area contributed by atoms with Crippen LogP contribution in [0.3, 0.4) is 0 Å². The second-order valence-electron chi connectivity index (χ2n) is 6.51. The van der Waals surface area contributed by atoms with Crippen LogP contribution in [0.15, 0.2) is 34.9 Å². The van der Waals surface area contributed by atoms with Gasteiger partial charge in [0.1, 0.15) is 12.0 Å². The van der Waals surface area contributed by atoms with Gasteiger partial charge in [-0.15, -0.1) is 0 Å². The highest BCUT2D eigenvalue weighted by Gasteiger charge is 2.22. The Bertz CT molecular complexity index is 750. The molecule has 0 radical (unpaired) electrons. The van der Waals surface area contributed by atoms with Crippen molar-refractivity contribution in [1.29, 1.82) is 0 Å². The van der Waals surface area contributed by atoms with E-state index in [0.29, 0.717) is 17.2 Å². The predicted molar refractivity (Wildman–Crippen MR) is 97.1 cm³/mol. The van der Waals surface area contributed by atoms with Crippen LogP contribution in [0.1, 0.15) is 54.4 Å². The van der Waals surface area contributed by atoms with Gasteiger partial charge in [-0.05, 0) is 52.0 Å². The zero-order chi connectivity index (χ0) is 19.3. The van der Waals surface area contributed by atoms with Crippen LogP contribution < -0.4 is 10.1 Å². The molecule has 0 spiro atoms. The largest absolute Gasteiger partial charge is 0.497 e. The number of benzene rings is 1. The first-order chi connectivity index (χ1) is 12.3. The maximum Gasteiger partial charge on any atom is 0.273 e. The molecule has 140 valence electrons. The van der Waals surface area contributed by atoms with E-state index in [2.05, 4.69) is 10.3 Å². The molecule has 0 aliphatic heterocycles. The maximum atomic E-state index is 12.8. The average Bonchev–Trinajstić information content (AvgIpc) is 3.07. The van der Waals surface area contributed by atoms with Crippen LogP contribution in [0, 0.1) is 0 Å². The van der Waals surface area contributed by atoms with Crippen LogP contribution in [-0.4, -0.2) is 40.9 Å². The van der Waals surface area contributed by atoms with E-state index in [1.54, 1.807) is 36.3 Å². The molecule has 0 aliphatic rings. The quantitative estimate of drug-likeness (QED) is 0.822. The number of hydrogen-bond donors (Lipinski definition) is 1. The number of nitrogens with one attached hydrogen (secondary N) is 1. The minimum absolute atomic E-state index is 0.00598. The zero-order valence-electron chi connectivity index (χ0n) is 15.8. The summed E-state index contributed by atoms with van der Waals surface area (Å²) < 4.78 is 10.5. The Morgan fingerprint density at radius 3 is 2.38 bits per heavy atom. The summed E-state index contributed by atoms with van der Waals surface area (Å²) in [6, 6.07) is 6.86. The fraction of sp³-hybridized carbons (Fsp3) is 0.421. The average molecular weight is 359 g/mol. The Labute approximate surface area is 153 Å². The van der Waals surface area contributed by atoms with Gasteiger partial charge in [-0.1, -0.05) is 0 Å². The van der Waals surface area contributed by atoms with E-state index in [0.717, 1.165) is 0 Å². The first-order valence-electron chi connectivity index (χ1n) is 8.52. The Morgan fingerprint density at radius 1 is 1.19 bits per heavy atom. The summed E-state index contributed by atoms with van der Waals surface area (Å²) in [5.74, 6) is 0.558. The normalized spacial score (nSPS) is 10.9.